The molecule has 3 N–H and O–H groups in total. The van der Waals surface area contributed by atoms with Crippen molar-refractivity contribution < 1.29 is 17.2 Å². The summed E-state index contributed by atoms with van der Waals surface area (Å²) in [7, 11) is -4.40. The third kappa shape index (κ3) is 8.96. The zero-order valence-corrected chi connectivity index (χ0v) is 18.3. The molecule has 29 heavy (non-hydrogen) atoms. The quantitative estimate of drug-likeness (QED) is 0.254. The van der Waals surface area contributed by atoms with E-state index in [1.54, 1.807) is 0 Å². The van der Waals surface area contributed by atoms with E-state index >= 15 is 0 Å². The fourth-order valence-corrected chi connectivity index (χ4v) is 3.49. The summed E-state index contributed by atoms with van der Waals surface area (Å²) in [5.74, 6) is 1.04. The fourth-order valence-electron chi connectivity index (χ4n) is 2.20. The molecule has 0 spiro atoms. The molecular weight excluding hydrogens is 438 g/mol. The minimum Gasteiger partial charge on any atom is -0.328 e. The van der Waals surface area contributed by atoms with Crippen molar-refractivity contribution >= 4 is 51.3 Å². The number of hydrogen-bond donors (Lipinski definition) is 3. The summed E-state index contributed by atoms with van der Waals surface area (Å²) in [6.45, 7) is 3.97. The third-order valence-electron chi connectivity index (χ3n) is 3.41. The monoisotopic (exact) mass is 459 g/mol. The van der Waals surface area contributed by atoms with E-state index < -0.39 is 10.4 Å². The van der Waals surface area contributed by atoms with Crippen LogP contribution in [0.1, 0.15) is 26.7 Å². The molecule has 0 fully saturated rings. The van der Waals surface area contributed by atoms with Crippen molar-refractivity contribution in [1.29, 1.82) is 0 Å². The second-order valence-corrected chi connectivity index (χ2v) is 8.21. The molecule has 12 heteroatoms. The van der Waals surface area contributed by atoms with Crippen molar-refractivity contribution in [2.24, 2.45) is 0 Å². The van der Waals surface area contributed by atoms with Gasteiger partial charge in [0.15, 0.2) is 0 Å². The number of rotatable bonds is 11. The van der Waals surface area contributed by atoms with Gasteiger partial charge in [0.1, 0.15) is 0 Å². The molecule has 1 aromatic heterocycles. The molecule has 0 aliphatic carbocycles. The number of hydrogen-bond acceptors (Lipinski definition) is 9. The highest BCUT2D eigenvalue weighted by Gasteiger charge is 2.07. The van der Waals surface area contributed by atoms with Crippen molar-refractivity contribution in [3.8, 4) is 0 Å². The fraction of sp³-hybridized carbons (Fsp3) is 0.353. The molecule has 0 unspecified atom stereocenters. The van der Waals surface area contributed by atoms with Crippen LogP contribution in [-0.4, -0.2) is 40.3 Å². The number of nitrogens with zero attached hydrogens (tertiary/aromatic N) is 3. The molecule has 0 aliphatic rings. The van der Waals surface area contributed by atoms with Crippen molar-refractivity contribution in [2.75, 3.05) is 23.0 Å². The van der Waals surface area contributed by atoms with E-state index in [0.717, 1.165) is 29.1 Å². The summed E-state index contributed by atoms with van der Waals surface area (Å²) >= 11 is 7.40. The molecule has 0 radical (unpaired) electrons. The Labute approximate surface area is 179 Å². The Kier molecular flexibility index (Phi) is 9.11. The Bertz CT molecular complexity index is 939. The molecular formula is C17H22ClN5O4S2. The highest BCUT2D eigenvalue weighted by Crippen LogP contribution is 2.22. The Hall–Kier alpha value is -1.92. The van der Waals surface area contributed by atoms with Crippen LogP contribution >= 0.6 is 23.4 Å². The highest BCUT2D eigenvalue weighted by molar-refractivity contribution is 7.99. The van der Waals surface area contributed by atoms with Crippen LogP contribution in [0.3, 0.4) is 0 Å². The first-order valence-electron chi connectivity index (χ1n) is 8.78. The van der Waals surface area contributed by atoms with E-state index in [4.69, 9.17) is 16.2 Å². The maximum absolute atomic E-state index is 10.5. The van der Waals surface area contributed by atoms with Gasteiger partial charge in [-0.15, -0.1) is 11.8 Å². The van der Waals surface area contributed by atoms with Crippen LogP contribution in [0.5, 0.6) is 0 Å². The van der Waals surface area contributed by atoms with E-state index in [0.29, 0.717) is 17.6 Å². The first kappa shape index (κ1) is 23.4. The summed E-state index contributed by atoms with van der Waals surface area (Å²) in [6, 6.07) is 7.35. The molecule has 0 bridgehead atoms. The van der Waals surface area contributed by atoms with E-state index in [1.807, 2.05) is 38.1 Å². The average molecular weight is 460 g/mol. The number of allylic oxidation sites excluding steroid dienone is 2. The molecule has 2 rings (SSSR count). The number of nitrogens with one attached hydrogen (secondary N) is 2. The van der Waals surface area contributed by atoms with Crippen LogP contribution in [0.4, 0.5) is 17.6 Å². The minimum absolute atomic E-state index is 0.0722. The second kappa shape index (κ2) is 11.3. The molecule has 1 heterocycles. The predicted molar refractivity (Wildman–Crippen MR) is 115 cm³/mol. The van der Waals surface area contributed by atoms with Crippen molar-refractivity contribution in [1.82, 2.24) is 15.0 Å². The molecule has 2 aromatic rings. The lowest BCUT2D eigenvalue weighted by molar-refractivity contribution is 0.285. The lowest BCUT2D eigenvalue weighted by atomic mass is 10.3. The van der Waals surface area contributed by atoms with Gasteiger partial charge in [-0.05, 0) is 48.7 Å². The van der Waals surface area contributed by atoms with Crippen molar-refractivity contribution in [3.63, 3.8) is 0 Å². The summed E-state index contributed by atoms with van der Waals surface area (Å²) in [4.78, 5) is 13.4. The normalized spacial score (nSPS) is 12.1. The number of anilines is 3. The van der Waals surface area contributed by atoms with Crippen LogP contribution < -0.4 is 10.6 Å². The van der Waals surface area contributed by atoms with Gasteiger partial charge in [-0.2, -0.15) is 23.4 Å². The topological polar surface area (TPSA) is 126 Å². The third-order valence-corrected chi connectivity index (χ3v) is 5.02. The molecule has 158 valence electrons. The van der Waals surface area contributed by atoms with Gasteiger partial charge >= 0.3 is 10.4 Å². The van der Waals surface area contributed by atoms with E-state index in [1.165, 1.54) is 11.8 Å². The number of thioether (sulfide) groups is 1. The number of aromatic nitrogens is 3. The Morgan fingerprint density at radius 3 is 2.52 bits per heavy atom. The lowest BCUT2D eigenvalue weighted by Gasteiger charge is -2.10. The largest absolute Gasteiger partial charge is 0.397 e. The molecule has 0 saturated carbocycles. The summed E-state index contributed by atoms with van der Waals surface area (Å²) < 4.78 is 33.8. The Morgan fingerprint density at radius 1 is 1.21 bits per heavy atom. The predicted octanol–water partition coefficient (Wildman–Crippen LogP) is 4.30. The Balaban J connectivity index is 1.98. The summed E-state index contributed by atoms with van der Waals surface area (Å²) in [6.07, 6.45) is 3.77. The van der Waals surface area contributed by atoms with Gasteiger partial charge in [0.2, 0.25) is 17.2 Å². The zero-order chi connectivity index (χ0) is 21.3. The van der Waals surface area contributed by atoms with Crippen molar-refractivity contribution in [3.05, 3.63) is 41.3 Å². The molecule has 0 saturated heterocycles. The average Bonchev–Trinajstić information content (AvgIpc) is 2.65. The number of halogens is 1. The van der Waals surface area contributed by atoms with Gasteiger partial charge in [0.05, 0.1) is 6.61 Å². The zero-order valence-electron chi connectivity index (χ0n) is 15.9. The SMILES string of the molecule is CC/C=C(\CC)Nc1nc(Cl)nc(Nc2ccc(SCCOS(=O)(=O)O)cc2)n1. The van der Waals surface area contributed by atoms with Gasteiger partial charge in [-0.1, -0.05) is 19.9 Å². The van der Waals surface area contributed by atoms with E-state index in [-0.39, 0.29) is 11.9 Å². The van der Waals surface area contributed by atoms with Gasteiger partial charge in [0, 0.05) is 22.0 Å². The van der Waals surface area contributed by atoms with Crippen LogP contribution in [0.15, 0.2) is 40.9 Å². The smallest absolute Gasteiger partial charge is 0.328 e. The molecule has 0 aliphatic heterocycles. The van der Waals surface area contributed by atoms with Gasteiger partial charge in [-0.3, -0.25) is 4.55 Å². The van der Waals surface area contributed by atoms with Crippen molar-refractivity contribution in [2.45, 2.75) is 31.6 Å². The number of benzene rings is 1. The van der Waals surface area contributed by atoms with Gasteiger partial charge in [0.25, 0.3) is 0 Å². The lowest BCUT2D eigenvalue weighted by Crippen LogP contribution is -2.07. The van der Waals surface area contributed by atoms with Crippen LogP contribution in [0.25, 0.3) is 0 Å². The Morgan fingerprint density at radius 2 is 1.90 bits per heavy atom. The second-order valence-electron chi connectivity index (χ2n) is 5.62. The van der Waals surface area contributed by atoms with Crippen LogP contribution in [0.2, 0.25) is 5.28 Å². The van der Waals surface area contributed by atoms with Gasteiger partial charge < -0.3 is 10.6 Å². The van der Waals surface area contributed by atoms with Crippen LogP contribution in [-0.2, 0) is 14.6 Å². The summed E-state index contributed by atoms with van der Waals surface area (Å²) in [5, 5.41) is 6.29. The standard InChI is InChI=1S/C17H22ClN5O4S2/c1-3-5-12(4-2)19-16-21-15(18)22-17(23-16)20-13-6-8-14(9-7-13)28-11-10-27-29(24,25)26/h5-9H,3-4,10-11H2,1-2H3,(H,24,25,26)(H2,19,20,21,22,23)/b12-5+. The molecule has 1 aromatic carbocycles. The summed E-state index contributed by atoms with van der Waals surface area (Å²) in [5.41, 5.74) is 1.75. The van der Waals surface area contributed by atoms with Gasteiger partial charge in [-0.25, -0.2) is 4.18 Å². The van der Waals surface area contributed by atoms with E-state index in [2.05, 4.69) is 35.8 Å². The highest BCUT2D eigenvalue weighted by atomic mass is 35.5. The molecule has 0 atom stereocenters. The molecule has 0 amide bonds. The molecule has 9 nitrogen and oxygen atoms in total. The maximum atomic E-state index is 10.5. The first-order chi connectivity index (χ1) is 13.8. The van der Waals surface area contributed by atoms with E-state index in [9.17, 15) is 8.42 Å². The minimum atomic E-state index is -4.40. The first-order valence-corrected chi connectivity index (χ1v) is 11.5. The van der Waals surface area contributed by atoms with Crippen LogP contribution in [0, 0.1) is 0 Å². The maximum Gasteiger partial charge on any atom is 0.397 e.